The monoisotopic (exact) mass is 323 g/mol. The Morgan fingerprint density at radius 3 is 1.85 bits per heavy atom. The van der Waals surface area contributed by atoms with Crippen LogP contribution in [0.1, 0.15) is 44.9 Å². The van der Waals surface area contributed by atoms with E-state index in [0.29, 0.717) is 18.6 Å². The second kappa shape index (κ2) is 9.78. The molecule has 0 aromatic heterocycles. The molecule has 0 heterocycles. The third-order valence-electron chi connectivity index (χ3n) is 2.79. The largest absolute Gasteiger partial charge is 0.616 e. The molecule has 8 heteroatoms. The number of hydrogen-bond acceptors (Lipinski definition) is 1. The molecular weight excluding hydrogens is 303 g/mol. The molecule has 0 spiro atoms. The van der Waals surface area contributed by atoms with Crippen LogP contribution in [0.3, 0.4) is 0 Å². The maximum absolute atomic E-state index is 12.6. The number of hydrogen-bond donors (Lipinski definition) is 0. The highest BCUT2D eigenvalue weighted by Crippen LogP contribution is 2.38. The topological polar surface area (TPSA) is 43.0 Å². The van der Waals surface area contributed by atoms with Crippen molar-refractivity contribution in [1.82, 2.24) is 0 Å². The zero-order chi connectivity index (χ0) is 15.6. The van der Waals surface area contributed by atoms with Crippen LogP contribution in [0.2, 0.25) is 0 Å². The Balaban J connectivity index is 3.61. The number of unbranched alkanes of at least 4 members (excludes halogenated alkanes) is 4. The van der Waals surface area contributed by atoms with Gasteiger partial charge in [0.25, 0.3) is 0 Å². The van der Waals surface area contributed by atoms with Gasteiger partial charge < -0.3 is 4.55 Å². The van der Waals surface area contributed by atoms with Gasteiger partial charge in [0.15, 0.2) is 0 Å². The molecule has 1 unspecified atom stereocenters. The first-order valence-corrected chi connectivity index (χ1v) is 8.07. The van der Waals surface area contributed by atoms with E-state index in [1.165, 1.54) is 0 Å². The van der Waals surface area contributed by atoms with Gasteiger partial charge in [-0.15, -0.1) is 0 Å². The van der Waals surface area contributed by atoms with Gasteiger partial charge >= 0.3 is 12.1 Å². The van der Waals surface area contributed by atoms with Crippen molar-refractivity contribution in [1.29, 1.82) is 0 Å². The first-order valence-electron chi connectivity index (χ1n) is 6.58. The SMILES string of the molecule is [O]CCCCCCC[S+]([O-])CCCC(F)(F)C(F)(F)F. The van der Waals surface area contributed by atoms with Crippen LogP contribution in [-0.4, -0.2) is 34.8 Å². The highest BCUT2D eigenvalue weighted by atomic mass is 32.2. The second-order valence-electron chi connectivity index (χ2n) is 4.63. The second-order valence-corrected chi connectivity index (χ2v) is 6.32. The Morgan fingerprint density at radius 2 is 1.30 bits per heavy atom. The van der Waals surface area contributed by atoms with Crippen LogP contribution in [0.25, 0.3) is 0 Å². The lowest BCUT2D eigenvalue weighted by molar-refractivity contribution is -0.284. The fraction of sp³-hybridized carbons (Fsp3) is 1.00. The molecule has 0 aliphatic heterocycles. The Labute approximate surface area is 118 Å². The molecule has 0 aromatic rings. The van der Waals surface area contributed by atoms with Crippen molar-refractivity contribution in [2.45, 2.75) is 57.0 Å². The van der Waals surface area contributed by atoms with E-state index >= 15 is 0 Å². The molecule has 0 amide bonds. The average Bonchev–Trinajstić information content (AvgIpc) is 2.32. The molecule has 1 radical (unpaired) electrons. The van der Waals surface area contributed by atoms with Gasteiger partial charge in [-0.05, 0) is 25.7 Å². The number of rotatable bonds is 11. The standard InChI is InChI=1S/C12H20F5O2S/c13-11(14,12(15,16)17)7-6-10-20(19)9-5-3-1-2-4-8-18/h1-10H2. The summed E-state index contributed by atoms with van der Waals surface area (Å²) in [5.41, 5.74) is 0. The molecule has 0 aliphatic rings. The van der Waals surface area contributed by atoms with E-state index in [1.54, 1.807) is 0 Å². The lowest BCUT2D eigenvalue weighted by Gasteiger charge is -2.19. The fourth-order valence-electron chi connectivity index (χ4n) is 1.59. The quantitative estimate of drug-likeness (QED) is 0.321. The minimum absolute atomic E-state index is 0.112. The van der Waals surface area contributed by atoms with Gasteiger partial charge in [-0.2, -0.15) is 22.0 Å². The van der Waals surface area contributed by atoms with Gasteiger partial charge in [0.05, 0.1) is 6.61 Å². The molecule has 0 saturated heterocycles. The predicted octanol–water partition coefficient (Wildman–Crippen LogP) is 4.09. The van der Waals surface area contributed by atoms with E-state index in [2.05, 4.69) is 0 Å². The predicted molar refractivity (Wildman–Crippen MR) is 66.8 cm³/mol. The lowest BCUT2D eigenvalue weighted by atomic mass is 10.2. The number of alkyl halides is 5. The van der Waals surface area contributed by atoms with Crippen molar-refractivity contribution in [2.24, 2.45) is 0 Å². The highest BCUT2D eigenvalue weighted by Gasteiger charge is 2.56. The summed E-state index contributed by atoms with van der Waals surface area (Å²) in [5, 5.41) is 10.2. The molecular formula is C12H20F5O2S. The Morgan fingerprint density at radius 1 is 0.800 bits per heavy atom. The molecule has 0 N–H and O–H groups in total. The van der Waals surface area contributed by atoms with Crippen molar-refractivity contribution in [3.8, 4) is 0 Å². The molecule has 0 saturated carbocycles. The van der Waals surface area contributed by atoms with Gasteiger partial charge in [-0.3, -0.25) is 0 Å². The Bertz CT molecular complexity index is 248. The van der Waals surface area contributed by atoms with Gasteiger partial charge in [0.2, 0.25) is 0 Å². The van der Waals surface area contributed by atoms with E-state index < -0.39 is 36.1 Å². The van der Waals surface area contributed by atoms with Crippen LogP contribution in [0.15, 0.2) is 0 Å². The molecule has 0 aromatic carbocycles. The summed E-state index contributed by atoms with van der Waals surface area (Å²) in [6, 6.07) is 0. The smallest absolute Gasteiger partial charge is 0.453 e. The average molecular weight is 323 g/mol. The van der Waals surface area contributed by atoms with Crippen LogP contribution < -0.4 is 0 Å². The first kappa shape index (κ1) is 19.9. The highest BCUT2D eigenvalue weighted by molar-refractivity contribution is 7.91. The molecule has 0 bridgehead atoms. The van der Waals surface area contributed by atoms with Gasteiger partial charge in [-0.25, -0.2) is 5.11 Å². The number of halogens is 5. The molecule has 0 aliphatic carbocycles. The van der Waals surface area contributed by atoms with Crippen molar-refractivity contribution >= 4 is 11.2 Å². The van der Waals surface area contributed by atoms with E-state index in [0.717, 1.165) is 19.3 Å². The summed E-state index contributed by atoms with van der Waals surface area (Å²) in [6.07, 6.45) is -3.54. The summed E-state index contributed by atoms with van der Waals surface area (Å²) in [5.74, 6) is -4.52. The van der Waals surface area contributed by atoms with E-state index in [9.17, 15) is 31.6 Å². The van der Waals surface area contributed by atoms with Gasteiger partial charge in [0.1, 0.15) is 11.5 Å². The summed E-state index contributed by atoms with van der Waals surface area (Å²) in [6.45, 7) is -0.112. The van der Waals surface area contributed by atoms with Gasteiger partial charge in [0, 0.05) is 6.42 Å². The summed E-state index contributed by atoms with van der Waals surface area (Å²) < 4.78 is 72.1. The third kappa shape index (κ3) is 8.97. The normalized spacial score (nSPS) is 14.6. The van der Waals surface area contributed by atoms with Crippen molar-refractivity contribution in [3.63, 3.8) is 0 Å². The van der Waals surface area contributed by atoms with Crippen LogP contribution in [0, 0.1) is 0 Å². The Hall–Kier alpha value is -0.0800. The Kier molecular flexibility index (Phi) is 9.74. The van der Waals surface area contributed by atoms with Crippen LogP contribution in [0.4, 0.5) is 22.0 Å². The summed E-state index contributed by atoms with van der Waals surface area (Å²) >= 11 is -1.35. The first-order chi connectivity index (χ1) is 9.20. The van der Waals surface area contributed by atoms with E-state index in [-0.39, 0.29) is 12.4 Å². The minimum Gasteiger partial charge on any atom is -0.616 e. The zero-order valence-electron chi connectivity index (χ0n) is 11.2. The summed E-state index contributed by atoms with van der Waals surface area (Å²) in [7, 11) is 0. The third-order valence-corrected chi connectivity index (χ3v) is 4.28. The van der Waals surface area contributed by atoms with E-state index in [1.807, 2.05) is 0 Å². The van der Waals surface area contributed by atoms with Gasteiger partial charge in [-0.1, -0.05) is 24.0 Å². The van der Waals surface area contributed by atoms with Crippen LogP contribution in [0.5, 0.6) is 0 Å². The minimum atomic E-state index is -5.53. The molecule has 20 heavy (non-hydrogen) atoms. The molecule has 0 rings (SSSR count). The van der Waals surface area contributed by atoms with Crippen molar-refractivity contribution in [2.75, 3.05) is 18.1 Å². The fourth-order valence-corrected chi connectivity index (χ4v) is 2.79. The molecule has 1 atom stereocenters. The molecule has 0 fully saturated rings. The maximum atomic E-state index is 12.6. The lowest BCUT2D eigenvalue weighted by Crippen LogP contribution is -2.36. The molecule has 121 valence electrons. The van der Waals surface area contributed by atoms with Crippen molar-refractivity contribution in [3.05, 3.63) is 0 Å². The van der Waals surface area contributed by atoms with E-state index in [4.69, 9.17) is 0 Å². The maximum Gasteiger partial charge on any atom is 0.453 e. The van der Waals surface area contributed by atoms with Crippen LogP contribution >= 0.6 is 0 Å². The summed E-state index contributed by atoms with van der Waals surface area (Å²) in [4.78, 5) is 0. The van der Waals surface area contributed by atoms with Crippen molar-refractivity contribution < 1.29 is 31.6 Å². The molecule has 2 nitrogen and oxygen atoms in total. The zero-order valence-corrected chi connectivity index (χ0v) is 12.0. The van der Waals surface area contributed by atoms with Crippen LogP contribution in [-0.2, 0) is 16.3 Å².